The van der Waals surface area contributed by atoms with E-state index in [4.69, 9.17) is 15.3 Å². The Morgan fingerprint density at radius 3 is 2.62 bits per heavy atom. The number of carbonyl (C=O) groups excluding carboxylic acids is 2. The van der Waals surface area contributed by atoms with Crippen molar-refractivity contribution in [1.29, 1.82) is 0 Å². The van der Waals surface area contributed by atoms with Crippen LogP contribution in [0.15, 0.2) is 79.1 Å². The largest absolute Gasteiger partial charge is 0.462 e. The Labute approximate surface area is 234 Å². The first-order chi connectivity index (χ1) is 19.5. The van der Waals surface area contributed by atoms with Crippen molar-refractivity contribution in [2.45, 2.75) is 57.0 Å². The van der Waals surface area contributed by atoms with E-state index in [2.05, 4.69) is 22.1 Å². The van der Waals surface area contributed by atoms with Crippen LogP contribution < -0.4 is 11.1 Å². The molecule has 1 saturated heterocycles. The third-order valence-corrected chi connectivity index (χ3v) is 7.56. The van der Waals surface area contributed by atoms with Crippen molar-refractivity contribution in [3.63, 3.8) is 0 Å². The molecule has 3 aromatic rings. The van der Waals surface area contributed by atoms with Gasteiger partial charge in [-0.2, -0.15) is 5.06 Å². The number of esters is 1. The maximum atomic E-state index is 13.8. The number of hydroxylamine groups is 2. The van der Waals surface area contributed by atoms with Crippen LogP contribution in [0.5, 0.6) is 0 Å². The SMILES string of the molecule is CC(=O)OC1CCC[C@]2(CN)ON(Cc3cccc(C#Cc4ccccc4)c3)[C@H](C(=O)NCc3cccnc3)C12. The highest BCUT2D eigenvalue weighted by atomic mass is 16.7. The van der Waals surface area contributed by atoms with Crippen LogP contribution in [0.4, 0.5) is 0 Å². The molecule has 1 aliphatic heterocycles. The van der Waals surface area contributed by atoms with Gasteiger partial charge in [0.25, 0.3) is 0 Å². The third kappa shape index (κ3) is 6.23. The van der Waals surface area contributed by atoms with Crippen molar-refractivity contribution >= 4 is 11.9 Å². The number of aromatic nitrogens is 1. The summed E-state index contributed by atoms with van der Waals surface area (Å²) in [6.07, 6.45) is 5.05. The second kappa shape index (κ2) is 12.4. The van der Waals surface area contributed by atoms with Gasteiger partial charge in [-0.15, -0.1) is 0 Å². The smallest absolute Gasteiger partial charge is 0.302 e. The first-order valence-corrected chi connectivity index (χ1v) is 13.6. The number of amides is 1. The number of rotatable bonds is 7. The van der Waals surface area contributed by atoms with Crippen LogP contribution in [0.1, 0.15) is 48.4 Å². The summed E-state index contributed by atoms with van der Waals surface area (Å²) >= 11 is 0. The number of carbonyl (C=O) groups is 2. The van der Waals surface area contributed by atoms with E-state index in [9.17, 15) is 9.59 Å². The molecule has 2 heterocycles. The molecule has 1 aliphatic carbocycles. The number of nitrogens with two attached hydrogens (primary N) is 1. The van der Waals surface area contributed by atoms with Crippen LogP contribution in [0.2, 0.25) is 0 Å². The van der Waals surface area contributed by atoms with Gasteiger partial charge in [0.2, 0.25) is 5.91 Å². The van der Waals surface area contributed by atoms with Crippen molar-refractivity contribution in [3.05, 3.63) is 101 Å². The molecule has 5 rings (SSSR count). The lowest BCUT2D eigenvalue weighted by Gasteiger charge is -2.41. The van der Waals surface area contributed by atoms with Gasteiger partial charge >= 0.3 is 5.97 Å². The van der Waals surface area contributed by atoms with Crippen molar-refractivity contribution < 1.29 is 19.2 Å². The first-order valence-electron chi connectivity index (χ1n) is 13.6. The minimum Gasteiger partial charge on any atom is -0.462 e. The van der Waals surface area contributed by atoms with E-state index in [0.29, 0.717) is 25.9 Å². The fraction of sp³-hybridized carbons (Fsp3) is 0.344. The summed E-state index contributed by atoms with van der Waals surface area (Å²) in [7, 11) is 0. The van der Waals surface area contributed by atoms with E-state index >= 15 is 0 Å². The number of fused-ring (bicyclic) bond motifs is 1. The lowest BCUT2D eigenvalue weighted by molar-refractivity contribution is -0.219. The molecule has 0 spiro atoms. The molecular weight excluding hydrogens is 504 g/mol. The summed E-state index contributed by atoms with van der Waals surface area (Å²) in [5.41, 5.74) is 9.15. The number of benzene rings is 2. The fourth-order valence-corrected chi connectivity index (χ4v) is 5.79. The molecule has 40 heavy (non-hydrogen) atoms. The standard InChI is InChI=1S/C32H34N4O4/c1-23(37)39-28-13-6-16-32(22-33)29(28)30(31(38)35-20-27-12-7-17-34-19-27)36(40-32)21-26-11-5-10-25(18-26)15-14-24-8-3-2-4-9-24/h2-5,7-12,17-19,28-30H,6,13,16,20-22,33H2,1H3,(H,35,38)/t28?,29?,30-,32+/m0/s1. The van der Waals surface area contributed by atoms with Gasteiger partial charge in [0, 0.05) is 43.5 Å². The summed E-state index contributed by atoms with van der Waals surface area (Å²) in [6, 6.07) is 20.8. The summed E-state index contributed by atoms with van der Waals surface area (Å²) in [4.78, 5) is 36.6. The maximum Gasteiger partial charge on any atom is 0.302 e. The summed E-state index contributed by atoms with van der Waals surface area (Å²) in [6.45, 7) is 2.27. The van der Waals surface area contributed by atoms with Gasteiger partial charge in [-0.3, -0.25) is 19.4 Å². The molecular formula is C32H34N4O4. The zero-order chi connectivity index (χ0) is 28.0. The molecule has 8 heteroatoms. The highest BCUT2D eigenvalue weighted by Crippen LogP contribution is 2.47. The monoisotopic (exact) mass is 538 g/mol. The summed E-state index contributed by atoms with van der Waals surface area (Å²) in [5.74, 6) is 5.42. The van der Waals surface area contributed by atoms with Gasteiger partial charge in [0.05, 0.1) is 12.5 Å². The molecule has 0 radical (unpaired) electrons. The molecule has 206 valence electrons. The van der Waals surface area contributed by atoms with Gasteiger partial charge in [0.1, 0.15) is 17.7 Å². The van der Waals surface area contributed by atoms with Gasteiger partial charge in [-0.1, -0.05) is 48.2 Å². The van der Waals surface area contributed by atoms with Crippen LogP contribution in [-0.4, -0.2) is 46.2 Å². The topological polar surface area (TPSA) is 107 Å². The molecule has 8 nitrogen and oxygen atoms in total. The normalized spacial score (nSPS) is 23.9. The van der Waals surface area contributed by atoms with E-state index in [-0.39, 0.29) is 18.4 Å². The van der Waals surface area contributed by atoms with E-state index in [1.807, 2.05) is 66.7 Å². The number of hydrogen-bond donors (Lipinski definition) is 2. The molecule has 4 atom stereocenters. The fourth-order valence-electron chi connectivity index (χ4n) is 5.79. The van der Waals surface area contributed by atoms with E-state index in [0.717, 1.165) is 28.7 Å². The molecule has 2 aromatic carbocycles. The molecule has 1 aromatic heterocycles. The van der Waals surface area contributed by atoms with Crippen molar-refractivity contribution in [3.8, 4) is 11.8 Å². The highest BCUT2D eigenvalue weighted by Gasteiger charge is 2.61. The number of nitrogens with zero attached hydrogens (tertiary/aromatic N) is 2. The van der Waals surface area contributed by atoms with Crippen LogP contribution in [0.3, 0.4) is 0 Å². The van der Waals surface area contributed by atoms with Crippen LogP contribution >= 0.6 is 0 Å². The van der Waals surface area contributed by atoms with Crippen molar-refractivity contribution in [2.24, 2.45) is 11.7 Å². The average molecular weight is 539 g/mol. The molecule has 2 aliphatic rings. The predicted molar refractivity (Wildman–Crippen MR) is 150 cm³/mol. The minimum atomic E-state index is -0.806. The molecule has 2 fully saturated rings. The Hall–Kier alpha value is -4.03. The number of ether oxygens (including phenoxy) is 1. The Bertz CT molecular complexity index is 1390. The van der Waals surface area contributed by atoms with Gasteiger partial charge in [0.15, 0.2) is 0 Å². The minimum absolute atomic E-state index is 0.205. The maximum absolute atomic E-state index is 13.8. The summed E-state index contributed by atoms with van der Waals surface area (Å²) < 4.78 is 5.76. The van der Waals surface area contributed by atoms with Crippen LogP contribution in [0, 0.1) is 17.8 Å². The highest BCUT2D eigenvalue weighted by molar-refractivity contribution is 5.82. The third-order valence-electron chi connectivity index (χ3n) is 7.56. The zero-order valence-corrected chi connectivity index (χ0v) is 22.6. The lowest BCUT2D eigenvalue weighted by Crippen LogP contribution is -2.56. The predicted octanol–water partition coefficient (Wildman–Crippen LogP) is 3.34. The van der Waals surface area contributed by atoms with Crippen molar-refractivity contribution in [1.82, 2.24) is 15.4 Å². The van der Waals surface area contributed by atoms with Crippen LogP contribution in [0.25, 0.3) is 0 Å². The molecule has 1 saturated carbocycles. The number of nitrogens with one attached hydrogen (secondary N) is 1. The number of hydrogen-bond acceptors (Lipinski definition) is 7. The molecule has 0 bridgehead atoms. The Kier molecular flexibility index (Phi) is 8.56. The van der Waals surface area contributed by atoms with Crippen LogP contribution in [-0.2, 0) is 32.3 Å². The summed E-state index contributed by atoms with van der Waals surface area (Å²) in [5, 5.41) is 4.77. The lowest BCUT2D eigenvalue weighted by atomic mass is 9.70. The molecule has 2 unspecified atom stereocenters. The Morgan fingerprint density at radius 1 is 1.10 bits per heavy atom. The molecule has 3 N–H and O–H groups in total. The first kappa shape index (κ1) is 27.5. The average Bonchev–Trinajstić information content (AvgIpc) is 3.31. The Balaban J connectivity index is 1.43. The van der Waals surface area contributed by atoms with E-state index < -0.39 is 23.7 Å². The van der Waals surface area contributed by atoms with E-state index in [1.54, 1.807) is 17.5 Å². The molecule has 1 amide bonds. The second-order valence-corrected chi connectivity index (χ2v) is 10.3. The quantitative estimate of drug-likeness (QED) is 0.351. The number of pyridine rings is 1. The van der Waals surface area contributed by atoms with Gasteiger partial charge in [-0.25, -0.2) is 0 Å². The zero-order valence-electron chi connectivity index (χ0n) is 22.6. The van der Waals surface area contributed by atoms with E-state index in [1.165, 1.54) is 6.92 Å². The van der Waals surface area contributed by atoms with Crippen molar-refractivity contribution in [2.75, 3.05) is 6.54 Å². The van der Waals surface area contributed by atoms with Gasteiger partial charge < -0.3 is 15.8 Å². The second-order valence-electron chi connectivity index (χ2n) is 10.3. The van der Waals surface area contributed by atoms with Gasteiger partial charge in [-0.05, 0) is 60.7 Å². The Morgan fingerprint density at radius 2 is 1.88 bits per heavy atom.